The molecule has 2 saturated heterocycles. The Morgan fingerprint density at radius 3 is 1.57 bits per heavy atom. The highest BCUT2D eigenvalue weighted by Gasteiger charge is 2.53. The highest BCUT2D eigenvalue weighted by Crippen LogP contribution is 2.38. The Hall–Kier alpha value is -4.13. The molecule has 0 saturated carbocycles. The van der Waals surface area contributed by atoms with Gasteiger partial charge in [-0.3, -0.25) is 19.2 Å². The maximum atomic E-state index is 13.6. The van der Waals surface area contributed by atoms with Crippen LogP contribution in [0.25, 0.3) is 4.85 Å². The Bertz CT molecular complexity index is 1880. The van der Waals surface area contributed by atoms with E-state index in [1.165, 1.54) is 9.80 Å². The second-order valence-corrected chi connectivity index (χ2v) is 19.5. The number of halogens is 4. The Balaban J connectivity index is 0.00000100. The van der Waals surface area contributed by atoms with Crippen molar-refractivity contribution in [1.29, 1.82) is 0 Å². The summed E-state index contributed by atoms with van der Waals surface area (Å²) >= 11 is 22.5. The van der Waals surface area contributed by atoms with E-state index in [0.29, 0.717) is 37.4 Å². The molecule has 2 aliphatic heterocycles. The number of aliphatic carboxylic acids is 1. The molecule has 2 aromatic rings. The van der Waals surface area contributed by atoms with Crippen LogP contribution in [0.15, 0.2) is 48.5 Å². The molecule has 1 unspecified atom stereocenters. The Kier molecular flexibility index (Phi) is 27.0. The average Bonchev–Trinajstić information content (AvgIpc) is 3.86. The molecular weight excluding hydrogens is 920 g/mol. The number of carboxylic acid groups (broad SMARTS) is 1. The van der Waals surface area contributed by atoms with Crippen LogP contribution in [0.4, 0.5) is 9.59 Å². The molecule has 18 heteroatoms. The Morgan fingerprint density at radius 1 is 0.800 bits per heavy atom. The summed E-state index contributed by atoms with van der Waals surface area (Å²) in [5, 5.41) is 8.93. The fraction of sp³-hybridized carbons (Fsp3) is 0.596. The summed E-state index contributed by atoms with van der Waals surface area (Å²) in [5.74, 6) is -1.76. The van der Waals surface area contributed by atoms with Gasteiger partial charge in [-0.25, -0.2) is 16.2 Å². The number of benzene rings is 2. The molecule has 2 aromatic carbocycles. The van der Waals surface area contributed by atoms with Gasteiger partial charge in [0.05, 0.1) is 19.1 Å². The lowest BCUT2D eigenvalue weighted by Crippen LogP contribution is -2.60. The van der Waals surface area contributed by atoms with E-state index in [0.717, 1.165) is 16.1 Å². The number of nitrogens with two attached hydrogens (primary N) is 1. The van der Waals surface area contributed by atoms with Crippen molar-refractivity contribution in [2.75, 3.05) is 37.9 Å². The molecular formula is C47H69Cl4N5O9. The normalized spacial score (nSPS) is 16.4. The largest absolute Gasteiger partial charge is 0.480 e. The Labute approximate surface area is 406 Å². The lowest BCUT2D eigenvalue weighted by atomic mass is 9.84. The van der Waals surface area contributed by atoms with Crippen molar-refractivity contribution in [2.24, 2.45) is 11.7 Å². The van der Waals surface area contributed by atoms with Crippen molar-refractivity contribution in [3.05, 3.63) is 81.1 Å². The van der Waals surface area contributed by atoms with Gasteiger partial charge in [-0.05, 0) is 103 Å². The lowest BCUT2D eigenvalue weighted by molar-refractivity contribution is -0.148. The number of rotatable bonds is 9. The van der Waals surface area contributed by atoms with Crippen molar-refractivity contribution < 1.29 is 43.3 Å². The molecule has 2 aliphatic rings. The molecule has 3 atom stereocenters. The van der Waals surface area contributed by atoms with Crippen molar-refractivity contribution in [1.82, 2.24) is 14.7 Å². The average molecular weight is 990 g/mol. The predicted molar refractivity (Wildman–Crippen MR) is 259 cm³/mol. The second-order valence-electron chi connectivity index (χ2n) is 18.1. The predicted octanol–water partition coefficient (Wildman–Crippen LogP) is 10.6. The molecule has 3 amide bonds. The number of alkyl halides is 2. The SMILES string of the molecule is CC(C)(C)OC(=O)N1CCC(=O)C1.CC(C)CC(=O)C1(N(C(=O)CCl)[C@@H](C)c2ccc(Cl)cc2)CCN(C(=O)OC(C)(C)C)C1.C[C@H](N)c1ccc(Cl)cc1.O=C(O)CCl.[C-]#[N+]C(C)C. The van der Waals surface area contributed by atoms with Gasteiger partial charge in [0.1, 0.15) is 28.5 Å². The summed E-state index contributed by atoms with van der Waals surface area (Å²) in [5.41, 5.74) is 5.25. The minimum atomic E-state index is -1.17. The van der Waals surface area contributed by atoms with E-state index in [1.54, 1.807) is 37.8 Å². The van der Waals surface area contributed by atoms with Crippen molar-refractivity contribution in [3.8, 4) is 0 Å². The van der Waals surface area contributed by atoms with Crippen LogP contribution in [0.5, 0.6) is 0 Å². The number of likely N-dealkylation sites (tertiary alicyclic amines) is 2. The number of Topliss-reactive ketones (excluding diaryl/α,β-unsaturated/α-hetero) is 2. The van der Waals surface area contributed by atoms with E-state index in [2.05, 4.69) is 4.85 Å². The van der Waals surface area contributed by atoms with E-state index in [4.69, 9.17) is 73.3 Å². The molecule has 3 N–H and O–H groups in total. The van der Waals surface area contributed by atoms with E-state index in [9.17, 15) is 28.8 Å². The van der Waals surface area contributed by atoms with Crippen molar-refractivity contribution >= 4 is 82.0 Å². The fourth-order valence-electron chi connectivity index (χ4n) is 6.05. The van der Waals surface area contributed by atoms with Gasteiger partial charge in [0.2, 0.25) is 11.9 Å². The number of hydrogen-bond acceptors (Lipinski definition) is 9. The topological polar surface area (TPSA) is 181 Å². The number of amides is 3. The molecule has 0 bridgehead atoms. The minimum absolute atomic E-state index is 0.0714. The number of carboxylic acids is 1. The highest BCUT2D eigenvalue weighted by molar-refractivity contribution is 6.31. The van der Waals surface area contributed by atoms with Gasteiger partial charge in [0.15, 0.2) is 11.6 Å². The van der Waals surface area contributed by atoms with Crippen LogP contribution in [0, 0.1) is 12.5 Å². The lowest BCUT2D eigenvalue weighted by Gasteiger charge is -2.44. The van der Waals surface area contributed by atoms with Crippen LogP contribution in [0.1, 0.15) is 126 Å². The van der Waals surface area contributed by atoms with E-state index in [1.807, 2.05) is 98.7 Å². The molecule has 0 aromatic heterocycles. The van der Waals surface area contributed by atoms with Crippen molar-refractivity contribution in [2.45, 2.75) is 137 Å². The van der Waals surface area contributed by atoms with Gasteiger partial charge in [-0.15, -0.1) is 23.2 Å². The van der Waals surface area contributed by atoms with Crippen LogP contribution in [-0.4, -0.2) is 116 Å². The van der Waals surface area contributed by atoms with Crippen LogP contribution in [-0.2, 0) is 28.7 Å². The molecule has 0 radical (unpaired) electrons. The first-order valence-corrected chi connectivity index (χ1v) is 23.1. The Morgan fingerprint density at radius 2 is 1.23 bits per heavy atom. The molecule has 2 heterocycles. The first kappa shape index (κ1) is 60.9. The number of nitrogens with zero attached hydrogens (tertiary/aromatic N) is 4. The second kappa shape index (κ2) is 28.8. The van der Waals surface area contributed by atoms with E-state index >= 15 is 0 Å². The smallest absolute Gasteiger partial charge is 0.410 e. The summed E-state index contributed by atoms with van der Waals surface area (Å²) < 4.78 is 10.6. The fourth-order valence-corrected chi connectivity index (χ4v) is 6.44. The molecule has 65 heavy (non-hydrogen) atoms. The highest BCUT2D eigenvalue weighted by atomic mass is 35.5. The van der Waals surface area contributed by atoms with Crippen LogP contribution >= 0.6 is 46.4 Å². The zero-order valence-corrected chi connectivity index (χ0v) is 42.9. The minimum Gasteiger partial charge on any atom is -0.480 e. The molecule has 0 spiro atoms. The third-order valence-corrected chi connectivity index (χ3v) is 10.0. The maximum Gasteiger partial charge on any atom is 0.410 e. The van der Waals surface area contributed by atoms with Gasteiger partial charge in [-0.2, -0.15) is 0 Å². The molecule has 0 aliphatic carbocycles. The van der Waals surface area contributed by atoms with Gasteiger partial charge < -0.3 is 39.9 Å². The van der Waals surface area contributed by atoms with Gasteiger partial charge in [-0.1, -0.05) is 61.3 Å². The van der Waals surface area contributed by atoms with E-state index in [-0.39, 0.29) is 60.3 Å². The van der Waals surface area contributed by atoms with E-state index < -0.39 is 40.9 Å². The van der Waals surface area contributed by atoms with Gasteiger partial charge >= 0.3 is 18.2 Å². The number of carbonyl (C=O) groups excluding carboxylic acids is 5. The molecule has 4 rings (SSSR count). The summed E-state index contributed by atoms with van der Waals surface area (Å²) in [6.45, 7) is 29.7. The van der Waals surface area contributed by atoms with Crippen LogP contribution < -0.4 is 5.73 Å². The number of ether oxygens (including phenoxy) is 2. The standard InChI is InChI=1S/C24H34Cl2N2O4.C9H15NO3.C8H10ClN.C4H7N.C2H3ClO2/c1-16(2)13-20(29)24(11-12-27(15-24)22(31)32-23(4,5)6)28(21(30)14-25)17(3)18-7-9-19(26)10-8-18;1-9(2,3)13-8(12)10-5-4-7(11)6-10;1-6(10)7-2-4-8(9)5-3-7;1-4(2)5-3;3-1-2(4)5/h7-10,16-17H,11-15H2,1-6H3;4-6H2,1-3H3;2-6H,10H2,1H3;4H,1-2H3;1H2,(H,4,5)/t17-,24?;;6-;;/m0.0../s1. The van der Waals surface area contributed by atoms with Gasteiger partial charge in [0, 0.05) is 55.9 Å². The monoisotopic (exact) mass is 987 g/mol. The number of ketones is 2. The van der Waals surface area contributed by atoms with Crippen molar-refractivity contribution in [3.63, 3.8) is 0 Å². The molecule has 364 valence electrons. The zero-order valence-electron chi connectivity index (χ0n) is 39.9. The molecule has 2 fully saturated rings. The quantitative estimate of drug-likeness (QED) is 0.181. The van der Waals surface area contributed by atoms with Gasteiger partial charge in [0.25, 0.3) is 0 Å². The third kappa shape index (κ3) is 23.8. The van der Waals surface area contributed by atoms with Crippen LogP contribution in [0.2, 0.25) is 10.0 Å². The first-order chi connectivity index (χ1) is 29.9. The third-order valence-electron chi connectivity index (χ3n) is 9.04. The summed E-state index contributed by atoms with van der Waals surface area (Å²) in [6, 6.07) is 14.6. The summed E-state index contributed by atoms with van der Waals surface area (Å²) in [7, 11) is 0. The number of hydrogen-bond donors (Lipinski definition) is 2. The first-order valence-electron chi connectivity index (χ1n) is 21.2. The summed E-state index contributed by atoms with van der Waals surface area (Å²) in [6.07, 6.45) is 0.201. The zero-order chi connectivity index (χ0) is 50.5. The summed E-state index contributed by atoms with van der Waals surface area (Å²) in [4.78, 5) is 78.7. The number of carbonyl (C=O) groups is 6. The maximum absolute atomic E-state index is 13.6. The van der Waals surface area contributed by atoms with Crippen LogP contribution in [0.3, 0.4) is 0 Å². The molecule has 14 nitrogen and oxygen atoms in total.